The first-order valence-electron chi connectivity index (χ1n) is 11.0. The van der Waals surface area contributed by atoms with Gasteiger partial charge in [-0.15, -0.1) is 0 Å². The van der Waals surface area contributed by atoms with Crippen LogP contribution < -0.4 is 0 Å². The molecule has 4 heterocycles. The second-order valence-corrected chi connectivity index (χ2v) is 8.88. The van der Waals surface area contributed by atoms with Crippen molar-refractivity contribution in [2.45, 2.75) is 57.0 Å². The Kier molecular flexibility index (Phi) is 6.44. The van der Waals surface area contributed by atoms with Gasteiger partial charge in [0.05, 0.1) is 5.92 Å². The van der Waals surface area contributed by atoms with Crippen molar-refractivity contribution in [3.8, 4) is 0 Å². The molecular formula is C22H32F2N4O. The molecule has 3 fully saturated rings. The van der Waals surface area contributed by atoms with Crippen molar-refractivity contribution in [1.82, 2.24) is 19.7 Å². The molecule has 3 aliphatic heterocycles. The summed E-state index contributed by atoms with van der Waals surface area (Å²) < 4.78 is 26.8. The van der Waals surface area contributed by atoms with Gasteiger partial charge in [0.25, 0.3) is 5.92 Å². The van der Waals surface area contributed by atoms with Crippen LogP contribution in [-0.4, -0.2) is 76.8 Å². The maximum atomic E-state index is 13.4. The third-order valence-electron chi connectivity index (χ3n) is 6.81. The molecule has 1 amide bonds. The molecule has 0 unspecified atom stereocenters. The van der Waals surface area contributed by atoms with Gasteiger partial charge in [0, 0.05) is 57.5 Å². The van der Waals surface area contributed by atoms with Crippen LogP contribution in [0.2, 0.25) is 0 Å². The van der Waals surface area contributed by atoms with E-state index in [4.69, 9.17) is 0 Å². The molecular weight excluding hydrogens is 374 g/mol. The van der Waals surface area contributed by atoms with Gasteiger partial charge in [-0.1, -0.05) is 6.07 Å². The van der Waals surface area contributed by atoms with Gasteiger partial charge in [0.1, 0.15) is 0 Å². The minimum absolute atomic E-state index is 0.0242. The average Bonchev–Trinajstić information content (AvgIpc) is 2.75. The molecule has 0 N–H and O–H groups in total. The van der Waals surface area contributed by atoms with Gasteiger partial charge in [-0.25, -0.2) is 8.78 Å². The van der Waals surface area contributed by atoms with Gasteiger partial charge in [-0.2, -0.15) is 0 Å². The molecule has 7 heteroatoms. The average molecular weight is 407 g/mol. The lowest BCUT2D eigenvalue weighted by Crippen LogP contribution is -2.52. The molecule has 0 aromatic carbocycles. The Labute approximate surface area is 172 Å². The number of nitrogens with zero attached hydrogens (tertiary/aromatic N) is 4. The van der Waals surface area contributed by atoms with Crippen LogP contribution in [0.15, 0.2) is 24.5 Å². The third-order valence-corrected chi connectivity index (χ3v) is 6.81. The van der Waals surface area contributed by atoms with Crippen molar-refractivity contribution in [3.05, 3.63) is 30.1 Å². The van der Waals surface area contributed by atoms with Crippen LogP contribution in [-0.2, 0) is 11.3 Å². The number of halogens is 2. The molecule has 1 atom stereocenters. The van der Waals surface area contributed by atoms with Gasteiger partial charge in [-0.05, 0) is 56.9 Å². The fraction of sp³-hybridized carbons (Fsp3) is 0.727. The molecule has 160 valence electrons. The first-order chi connectivity index (χ1) is 14.0. The van der Waals surface area contributed by atoms with Crippen molar-refractivity contribution in [3.63, 3.8) is 0 Å². The van der Waals surface area contributed by atoms with Crippen LogP contribution >= 0.6 is 0 Å². The lowest BCUT2D eigenvalue weighted by atomic mass is 9.92. The maximum Gasteiger partial charge on any atom is 0.251 e. The van der Waals surface area contributed by atoms with Crippen LogP contribution in [0.3, 0.4) is 0 Å². The van der Waals surface area contributed by atoms with E-state index in [0.717, 1.165) is 58.4 Å². The fourth-order valence-corrected chi connectivity index (χ4v) is 5.04. The predicted molar refractivity (Wildman–Crippen MR) is 108 cm³/mol. The van der Waals surface area contributed by atoms with Crippen LogP contribution in [0.4, 0.5) is 8.78 Å². The van der Waals surface area contributed by atoms with Crippen LogP contribution in [0.1, 0.15) is 44.1 Å². The number of carbonyl (C=O) groups is 1. The molecule has 1 aromatic heterocycles. The highest BCUT2D eigenvalue weighted by molar-refractivity contribution is 5.79. The number of rotatable bonds is 4. The number of piperidine rings is 3. The highest BCUT2D eigenvalue weighted by Gasteiger charge is 2.39. The van der Waals surface area contributed by atoms with E-state index in [-0.39, 0.29) is 37.8 Å². The van der Waals surface area contributed by atoms with E-state index >= 15 is 0 Å². The molecule has 0 spiro atoms. The molecule has 4 rings (SSSR count). The number of likely N-dealkylation sites (tertiary alicyclic amines) is 3. The summed E-state index contributed by atoms with van der Waals surface area (Å²) in [5, 5.41) is 0. The maximum absolute atomic E-state index is 13.4. The van der Waals surface area contributed by atoms with Crippen molar-refractivity contribution in [1.29, 1.82) is 0 Å². The van der Waals surface area contributed by atoms with Crippen molar-refractivity contribution >= 4 is 5.91 Å². The zero-order valence-electron chi connectivity index (χ0n) is 17.1. The molecule has 0 bridgehead atoms. The van der Waals surface area contributed by atoms with E-state index in [2.05, 4.69) is 20.9 Å². The monoisotopic (exact) mass is 406 g/mol. The normalized spacial score (nSPS) is 27.1. The quantitative estimate of drug-likeness (QED) is 0.771. The summed E-state index contributed by atoms with van der Waals surface area (Å²) in [4.78, 5) is 23.7. The van der Waals surface area contributed by atoms with Crippen molar-refractivity contribution in [2.24, 2.45) is 5.92 Å². The highest BCUT2D eigenvalue weighted by atomic mass is 19.3. The molecule has 3 aliphatic rings. The largest absolute Gasteiger partial charge is 0.342 e. The summed E-state index contributed by atoms with van der Waals surface area (Å²) in [7, 11) is 0. The van der Waals surface area contributed by atoms with E-state index in [1.165, 1.54) is 5.56 Å². The summed E-state index contributed by atoms with van der Waals surface area (Å²) >= 11 is 0. The van der Waals surface area contributed by atoms with Crippen molar-refractivity contribution in [2.75, 3.05) is 39.3 Å². The minimum Gasteiger partial charge on any atom is -0.342 e. The van der Waals surface area contributed by atoms with E-state index < -0.39 is 5.92 Å². The Bertz CT molecular complexity index is 669. The lowest BCUT2D eigenvalue weighted by molar-refractivity contribution is -0.143. The van der Waals surface area contributed by atoms with Crippen LogP contribution in [0, 0.1) is 5.92 Å². The Morgan fingerprint density at radius 2 is 1.86 bits per heavy atom. The SMILES string of the molecule is O=C([C@H]1CCCN(C2CCN(Cc3cccnc3)CC2)C1)N1CCC(F)(F)CC1. The molecule has 29 heavy (non-hydrogen) atoms. The van der Waals surface area contributed by atoms with Crippen LogP contribution in [0.5, 0.6) is 0 Å². The molecule has 5 nitrogen and oxygen atoms in total. The number of pyridine rings is 1. The smallest absolute Gasteiger partial charge is 0.251 e. The summed E-state index contributed by atoms with van der Waals surface area (Å²) in [5.74, 6) is -2.53. The number of alkyl halides is 2. The number of hydrogen-bond donors (Lipinski definition) is 0. The molecule has 0 aliphatic carbocycles. The second kappa shape index (κ2) is 9.04. The van der Waals surface area contributed by atoms with Crippen LogP contribution in [0.25, 0.3) is 0 Å². The third kappa shape index (κ3) is 5.31. The first-order valence-corrected chi connectivity index (χ1v) is 11.0. The molecule has 1 aromatic rings. The Morgan fingerprint density at radius 3 is 2.55 bits per heavy atom. The molecule has 0 saturated carbocycles. The van der Waals surface area contributed by atoms with E-state index in [9.17, 15) is 13.6 Å². The summed E-state index contributed by atoms with van der Waals surface area (Å²) in [6, 6.07) is 4.63. The zero-order valence-corrected chi connectivity index (χ0v) is 17.1. The standard InChI is InChI=1S/C22H32F2N4O/c23-22(24)7-13-27(14-8-22)21(29)19-4-2-10-28(17-19)20-5-11-26(12-6-20)16-18-3-1-9-25-15-18/h1,3,9,15,19-20H,2,4-8,10-14,16-17H2/t19-/m0/s1. The lowest BCUT2D eigenvalue weighted by Gasteiger charge is -2.43. The van der Waals surface area contributed by atoms with E-state index in [1.54, 1.807) is 11.1 Å². The Hall–Kier alpha value is -1.60. The fourth-order valence-electron chi connectivity index (χ4n) is 5.04. The molecule has 0 radical (unpaired) electrons. The number of aromatic nitrogens is 1. The second-order valence-electron chi connectivity index (χ2n) is 8.88. The van der Waals surface area contributed by atoms with Gasteiger partial charge >= 0.3 is 0 Å². The van der Waals surface area contributed by atoms with Gasteiger partial charge in [-0.3, -0.25) is 19.6 Å². The summed E-state index contributed by atoms with van der Waals surface area (Å²) in [5.41, 5.74) is 1.25. The zero-order chi connectivity index (χ0) is 20.3. The van der Waals surface area contributed by atoms with E-state index in [1.807, 2.05) is 12.3 Å². The van der Waals surface area contributed by atoms with Gasteiger partial charge in [0.15, 0.2) is 0 Å². The topological polar surface area (TPSA) is 39.7 Å². The number of amides is 1. The highest BCUT2D eigenvalue weighted by Crippen LogP contribution is 2.30. The summed E-state index contributed by atoms with van der Waals surface area (Å²) in [6.07, 6.45) is 7.52. The van der Waals surface area contributed by atoms with E-state index in [0.29, 0.717) is 6.04 Å². The minimum atomic E-state index is -2.60. The van der Waals surface area contributed by atoms with Crippen molar-refractivity contribution < 1.29 is 13.6 Å². The Morgan fingerprint density at radius 1 is 1.10 bits per heavy atom. The van der Waals surface area contributed by atoms with Gasteiger partial charge < -0.3 is 4.90 Å². The van der Waals surface area contributed by atoms with Gasteiger partial charge in [0.2, 0.25) is 5.91 Å². The molecule has 3 saturated heterocycles. The predicted octanol–water partition coefficient (Wildman–Crippen LogP) is 3.02. The Balaban J connectivity index is 1.25. The first kappa shape index (κ1) is 20.7. The number of hydrogen-bond acceptors (Lipinski definition) is 4. The number of carbonyl (C=O) groups excluding carboxylic acids is 1. The summed E-state index contributed by atoms with van der Waals surface area (Å²) in [6.45, 7) is 5.32.